The number of nitrogens with zero attached hydrogens (tertiary/aromatic N) is 3. The van der Waals surface area contributed by atoms with E-state index in [1.165, 1.54) is 6.33 Å². The van der Waals surface area contributed by atoms with Crippen molar-refractivity contribution in [2.75, 3.05) is 18.0 Å². The molecule has 6 heteroatoms. The monoisotopic (exact) mass is 242 g/mol. The Hall–Kier alpha value is -1.30. The predicted octanol–water partition coefficient (Wildman–Crippen LogP) is 1.43. The van der Waals surface area contributed by atoms with Crippen molar-refractivity contribution >= 4 is 23.0 Å². The molecule has 2 N–H and O–H groups in total. The zero-order valence-corrected chi connectivity index (χ0v) is 10.2. The first kappa shape index (κ1) is 12.8. The SMILES string of the molecule is CCN(CCC(N)=S)c1ncnc(C)c1F. The highest BCUT2D eigenvalue weighted by atomic mass is 32.1. The molecule has 4 nitrogen and oxygen atoms in total. The lowest BCUT2D eigenvalue weighted by atomic mass is 10.3. The van der Waals surface area contributed by atoms with Crippen LogP contribution in [0.5, 0.6) is 0 Å². The first-order valence-electron chi connectivity index (χ1n) is 5.06. The van der Waals surface area contributed by atoms with Crippen LogP contribution in [-0.2, 0) is 0 Å². The van der Waals surface area contributed by atoms with E-state index in [9.17, 15) is 4.39 Å². The Balaban J connectivity index is 2.86. The number of aromatic nitrogens is 2. The summed E-state index contributed by atoms with van der Waals surface area (Å²) in [7, 11) is 0. The van der Waals surface area contributed by atoms with Gasteiger partial charge in [0.1, 0.15) is 6.33 Å². The Morgan fingerprint density at radius 1 is 1.56 bits per heavy atom. The van der Waals surface area contributed by atoms with Crippen molar-refractivity contribution in [2.24, 2.45) is 5.73 Å². The van der Waals surface area contributed by atoms with Crippen molar-refractivity contribution < 1.29 is 4.39 Å². The van der Waals surface area contributed by atoms with E-state index in [-0.39, 0.29) is 5.82 Å². The van der Waals surface area contributed by atoms with E-state index in [1.807, 2.05) is 6.92 Å². The van der Waals surface area contributed by atoms with Gasteiger partial charge in [-0.05, 0) is 13.8 Å². The number of halogens is 1. The molecule has 0 unspecified atom stereocenters. The molecule has 0 aliphatic rings. The van der Waals surface area contributed by atoms with Gasteiger partial charge in [0.2, 0.25) is 0 Å². The summed E-state index contributed by atoms with van der Waals surface area (Å²) in [5.41, 5.74) is 5.77. The first-order chi connectivity index (χ1) is 7.56. The van der Waals surface area contributed by atoms with Crippen LogP contribution in [-0.4, -0.2) is 28.0 Å². The molecule has 1 heterocycles. The van der Waals surface area contributed by atoms with Crippen molar-refractivity contribution in [3.63, 3.8) is 0 Å². The molecule has 0 radical (unpaired) electrons. The fourth-order valence-electron chi connectivity index (χ4n) is 1.32. The van der Waals surface area contributed by atoms with Crippen LogP contribution >= 0.6 is 12.2 Å². The van der Waals surface area contributed by atoms with Crippen LogP contribution < -0.4 is 10.6 Å². The summed E-state index contributed by atoms with van der Waals surface area (Å²) in [6, 6.07) is 0. The highest BCUT2D eigenvalue weighted by Crippen LogP contribution is 2.17. The summed E-state index contributed by atoms with van der Waals surface area (Å²) in [4.78, 5) is 9.95. The Morgan fingerprint density at radius 2 is 2.25 bits per heavy atom. The summed E-state index contributed by atoms with van der Waals surface area (Å²) >= 11 is 4.80. The van der Waals surface area contributed by atoms with Gasteiger partial charge < -0.3 is 10.6 Å². The largest absolute Gasteiger partial charge is 0.393 e. The van der Waals surface area contributed by atoms with Crippen molar-refractivity contribution in [3.8, 4) is 0 Å². The minimum absolute atomic E-state index is 0.311. The fourth-order valence-corrected chi connectivity index (χ4v) is 1.42. The normalized spacial score (nSPS) is 10.2. The minimum atomic E-state index is -0.382. The molecule has 1 rings (SSSR count). The second kappa shape index (κ2) is 5.69. The lowest BCUT2D eigenvalue weighted by molar-refractivity contribution is 0.592. The molecule has 0 saturated carbocycles. The number of thiocarbonyl (C=S) groups is 1. The molecule has 0 aliphatic heterocycles. The fraction of sp³-hybridized carbons (Fsp3) is 0.500. The average molecular weight is 242 g/mol. The number of hydrogen-bond donors (Lipinski definition) is 1. The maximum atomic E-state index is 13.7. The molecule has 0 bridgehead atoms. The summed E-state index contributed by atoms with van der Waals surface area (Å²) in [5.74, 6) is -0.0708. The standard InChI is InChI=1S/C10H15FN4S/c1-3-15(5-4-8(12)16)10-9(11)7(2)13-6-14-10/h6H,3-5H2,1-2H3,(H2,12,16). The Morgan fingerprint density at radius 3 is 2.81 bits per heavy atom. The van der Waals surface area contributed by atoms with Crippen LogP contribution in [0.1, 0.15) is 19.0 Å². The molecule has 16 heavy (non-hydrogen) atoms. The lowest BCUT2D eigenvalue weighted by Gasteiger charge is -2.22. The van der Waals surface area contributed by atoms with Gasteiger partial charge in [0.15, 0.2) is 11.6 Å². The molecule has 0 fully saturated rings. The van der Waals surface area contributed by atoms with E-state index in [1.54, 1.807) is 11.8 Å². The highest BCUT2D eigenvalue weighted by molar-refractivity contribution is 7.80. The van der Waals surface area contributed by atoms with Gasteiger partial charge in [-0.1, -0.05) is 12.2 Å². The van der Waals surface area contributed by atoms with E-state index >= 15 is 0 Å². The van der Waals surface area contributed by atoms with E-state index in [4.69, 9.17) is 18.0 Å². The van der Waals surface area contributed by atoms with Crippen LogP contribution in [0.4, 0.5) is 10.2 Å². The predicted molar refractivity (Wildman–Crippen MR) is 66.0 cm³/mol. The van der Waals surface area contributed by atoms with Gasteiger partial charge in [0.05, 0.1) is 10.7 Å². The molecular formula is C10H15FN4S. The quantitative estimate of drug-likeness (QED) is 0.792. The molecule has 88 valence electrons. The number of nitrogens with two attached hydrogens (primary N) is 1. The zero-order valence-electron chi connectivity index (χ0n) is 9.40. The summed E-state index contributed by atoms with van der Waals surface area (Å²) in [5, 5.41) is 0. The maximum absolute atomic E-state index is 13.7. The zero-order chi connectivity index (χ0) is 12.1. The summed E-state index contributed by atoms with van der Waals surface area (Å²) in [6.07, 6.45) is 1.91. The van der Waals surface area contributed by atoms with Gasteiger partial charge in [-0.3, -0.25) is 0 Å². The van der Waals surface area contributed by atoms with Crippen LogP contribution in [0.2, 0.25) is 0 Å². The molecule has 0 atom stereocenters. The van der Waals surface area contributed by atoms with E-state index < -0.39 is 0 Å². The van der Waals surface area contributed by atoms with Gasteiger partial charge in [0, 0.05) is 19.5 Å². The van der Waals surface area contributed by atoms with E-state index in [2.05, 4.69) is 9.97 Å². The second-order valence-corrected chi connectivity index (χ2v) is 3.92. The summed E-state index contributed by atoms with van der Waals surface area (Å²) in [6.45, 7) is 4.76. The number of aryl methyl sites for hydroxylation is 1. The Labute approximate surface area is 99.7 Å². The van der Waals surface area contributed by atoms with Gasteiger partial charge >= 0.3 is 0 Å². The molecule has 0 spiro atoms. The van der Waals surface area contributed by atoms with Gasteiger partial charge in [0.25, 0.3) is 0 Å². The molecule has 1 aromatic heterocycles. The van der Waals surface area contributed by atoms with Crippen molar-refractivity contribution in [3.05, 3.63) is 17.8 Å². The molecule has 0 aromatic carbocycles. The minimum Gasteiger partial charge on any atom is -0.393 e. The van der Waals surface area contributed by atoms with Crippen LogP contribution in [0, 0.1) is 12.7 Å². The number of anilines is 1. The Bertz CT molecular complexity index is 383. The molecule has 1 aromatic rings. The van der Waals surface area contributed by atoms with Gasteiger partial charge in [-0.25, -0.2) is 14.4 Å². The van der Waals surface area contributed by atoms with Crippen molar-refractivity contribution in [1.82, 2.24) is 9.97 Å². The third kappa shape index (κ3) is 3.10. The lowest BCUT2D eigenvalue weighted by Crippen LogP contribution is -2.29. The Kier molecular flexibility index (Phi) is 4.54. The van der Waals surface area contributed by atoms with Crippen molar-refractivity contribution in [1.29, 1.82) is 0 Å². The third-order valence-electron chi connectivity index (χ3n) is 2.25. The van der Waals surface area contributed by atoms with Crippen LogP contribution in [0.3, 0.4) is 0 Å². The van der Waals surface area contributed by atoms with Gasteiger partial charge in [-0.2, -0.15) is 0 Å². The molecule has 0 aliphatic carbocycles. The van der Waals surface area contributed by atoms with Crippen LogP contribution in [0.25, 0.3) is 0 Å². The van der Waals surface area contributed by atoms with E-state index in [0.29, 0.717) is 36.0 Å². The number of hydrogen-bond acceptors (Lipinski definition) is 4. The highest BCUT2D eigenvalue weighted by Gasteiger charge is 2.13. The third-order valence-corrected chi connectivity index (χ3v) is 2.46. The smallest absolute Gasteiger partial charge is 0.186 e. The second-order valence-electron chi connectivity index (χ2n) is 3.39. The van der Waals surface area contributed by atoms with Crippen molar-refractivity contribution in [2.45, 2.75) is 20.3 Å². The summed E-state index contributed by atoms with van der Waals surface area (Å²) < 4.78 is 13.7. The molecule has 0 saturated heterocycles. The molecular weight excluding hydrogens is 227 g/mol. The molecule has 0 amide bonds. The van der Waals surface area contributed by atoms with Gasteiger partial charge in [-0.15, -0.1) is 0 Å². The maximum Gasteiger partial charge on any atom is 0.186 e. The van der Waals surface area contributed by atoms with Crippen LogP contribution in [0.15, 0.2) is 6.33 Å². The average Bonchev–Trinajstić information content (AvgIpc) is 2.24. The topological polar surface area (TPSA) is 55.0 Å². The van der Waals surface area contributed by atoms with E-state index in [0.717, 1.165) is 0 Å². The number of rotatable bonds is 5. The first-order valence-corrected chi connectivity index (χ1v) is 5.47.